The quantitative estimate of drug-likeness (QED) is 0.590. The first-order chi connectivity index (χ1) is 5.13. The lowest BCUT2D eigenvalue weighted by Gasteiger charge is -1.76. The predicted molar refractivity (Wildman–Crippen MR) is 41.2 cm³/mol. The lowest BCUT2D eigenvalue weighted by atomic mass is 10.6. The fourth-order valence-corrected chi connectivity index (χ4v) is 0.317. The van der Waals surface area contributed by atoms with E-state index >= 15 is 0 Å². The molecule has 5 heteroatoms. The summed E-state index contributed by atoms with van der Waals surface area (Å²) in [5.74, 6) is 0.167. The summed E-state index contributed by atoms with van der Waals surface area (Å²) in [5.41, 5.74) is 0. The summed E-state index contributed by atoms with van der Waals surface area (Å²) < 4.78 is 0. The monoisotopic (exact) mass is 173 g/mol. The third-order valence-corrected chi connectivity index (χ3v) is 0.672. The number of Topliss-reactive ketones (excluding diaryl/α,β-unsaturated/α-hetero) is 1. The number of nitrogens with zero attached hydrogens (tertiary/aromatic N) is 3. The molecule has 0 bridgehead atoms. The molecule has 1 heterocycles. The summed E-state index contributed by atoms with van der Waals surface area (Å²) in [6.07, 6.45) is 1.48. The van der Waals surface area contributed by atoms with Crippen molar-refractivity contribution in [2.24, 2.45) is 0 Å². The molecule has 1 aromatic heterocycles. The molecule has 11 heavy (non-hydrogen) atoms. The maximum Gasteiger partial charge on any atom is 0.155 e. The standard InChI is InChI=1S/C3H2ClN3.C3H6O/c4-3-1-2-5-7-6-3;1-3(2)4/h1-2H;1-2H3. The van der Waals surface area contributed by atoms with Crippen molar-refractivity contribution in [1.29, 1.82) is 0 Å². The van der Waals surface area contributed by atoms with E-state index < -0.39 is 0 Å². The van der Waals surface area contributed by atoms with Crippen LogP contribution >= 0.6 is 11.6 Å². The molecule has 0 radical (unpaired) electrons. The Labute approximate surface area is 69.6 Å². The number of carbonyl (C=O) groups is 1. The van der Waals surface area contributed by atoms with Gasteiger partial charge in [0.05, 0.1) is 6.20 Å². The number of halogens is 1. The second-order valence-corrected chi connectivity index (χ2v) is 2.24. The molecule has 60 valence electrons. The van der Waals surface area contributed by atoms with Crippen molar-refractivity contribution in [1.82, 2.24) is 15.4 Å². The number of hydrogen-bond acceptors (Lipinski definition) is 4. The van der Waals surface area contributed by atoms with Crippen LogP contribution in [0.2, 0.25) is 5.15 Å². The van der Waals surface area contributed by atoms with Crippen molar-refractivity contribution >= 4 is 17.4 Å². The molecule has 0 aliphatic rings. The van der Waals surface area contributed by atoms with Gasteiger partial charge in [0.2, 0.25) is 0 Å². The van der Waals surface area contributed by atoms with Gasteiger partial charge in [-0.25, -0.2) is 0 Å². The normalized spacial score (nSPS) is 7.91. The third kappa shape index (κ3) is 8.97. The number of ketones is 1. The Hall–Kier alpha value is -1.03. The predicted octanol–water partition coefficient (Wildman–Crippen LogP) is 1.12. The molecule has 0 N–H and O–H groups in total. The second kappa shape index (κ2) is 5.73. The van der Waals surface area contributed by atoms with Gasteiger partial charge in [-0.3, -0.25) is 0 Å². The van der Waals surface area contributed by atoms with Crippen LogP contribution in [0.3, 0.4) is 0 Å². The zero-order valence-electron chi connectivity index (χ0n) is 6.28. The van der Waals surface area contributed by atoms with Crippen molar-refractivity contribution in [3.05, 3.63) is 17.4 Å². The maximum atomic E-state index is 9.44. The van der Waals surface area contributed by atoms with Gasteiger partial charge in [-0.05, 0) is 25.1 Å². The average molecular weight is 174 g/mol. The minimum atomic E-state index is 0.167. The topological polar surface area (TPSA) is 55.7 Å². The molecular formula is C6H8ClN3O. The number of hydrogen-bond donors (Lipinski definition) is 0. The van der Waals surface area contributed by atoms with Gasteiger partial charge in [-0.1, -0.05) is 11.6 Å². The lowest BCUT2D eigenvalue weighted by Crippen LogP contribution is -1.81. The van der Waals surface area contributed by atoms with E-state index in [4.69, 9.17) is 11.6 Å². The zero-order chi connectivity index (χ0) is 8.69. The van der Waals surface area contributed by atoms with Crippen LogP contribution in [-0.2, 0) is 4.79 Å². The van der Waals surface area contributed by atoms with E-state index in [0.29, 0.717) is 5.15 Å². The maximum absolute atomic E-state index is 9.44. The van der Waals surface area contributed by atoms with E-state index in [9.17, 15) is 4.79 Å². The molecule has 4 nitrogen and oxygen atoms in total. The van der Waals surface area contributed by atoms with Crippen LogP contribution in [-0.4, -0.2) is 21.2 Å². The first-order valence-corrected chi connectivity index (χ1v) is 3.27. The fourth-order valence-electron chi connectivity index (χ4n) is 0.227. The highest BCUT2D eigenvalue weighted by Gasteiger charge is 1.79. The second-order valence-electron chi connectivity index (χ2n) is 1.85. The molecule has 0 unspecified atom stereocenters. The first kappa shape index (κ1) is 9.97. The van der Waals surface area contributed by atoms with E-state index in [1.54, 1.807) is 6.07 Å². The first-order valence-electron chi connectivity index (χ1n) is 2.90. The molecule has 0 atom stereocenters. The largest absolute Gasteiger partial charge is 0.300 e. The van der Waals surface area contributed by atoms with Gasteiger partial charge in [0.25, 0.3) is 0 Å². The molecule has 0 saturated carbocycles. The van der Waals surface area contributed by atoms with Crippen LogP contribution in [0, 0.1) is 0 Å². The number of rotatable bonds is 0. The van der Waals surface area contributed by atoms with Gasteiger partial charge in [-0.2, -0.15) is 0 Å². The van der Waals surface area contributed by atoms with Gasteiger partial charge >= 0.3 is 0 Å². The lowest BCUT2D eigenvalue weighted by molar-refractivity contribution is -0.114. The highest BCUT2D eigenvalue weighted by molar-refractivity contribution is 6.29. The molecule has 0 aliphatic carbocycles. The molecule has 0 spiro atoms. The van der Waals surface area contributed by atoms with Crippen molar-refractivity contribution in [2.75, 3.05) is 0 Å². The molecule has 0 aliphatic heterocycles. The summed E-state index contributed by atoms with van der Waals surface area (Å²) in [6.45, 7) is 3.06. The molecule has 0 amide bonds. The van der Waals surface area contributed by atoms with Gasteiger partial charge in [0.15, 0.2) is 5.15 Å². The van der Waals surface area contributed by atoms with Gasteiger partial charge in [0.1, 0.15) is 5.78 Å². The SMILES string of the molecule is CC(C)=O.Clc1ccnnn1. The van der Waals surface area contributed by atoms with Crippen LogP contribution < -0.4 is 0 Å². The average Bonchev–Trinajstić information content (AvgIpc) is 1.87. The Morgan fingerprint density at radius 3 is 2.27 bits per heavy atom. The van der Waals surface area contributed by atoms with Crippen LogP contribution in [0.4, 0.5) is 0 Å². The Morgan fingerprint density at radius 2 is 2.09 bits per heavy atom. The Morgan fingerprint density at radius 1 is 1.55 bits per heavy atom. The Balaban J connectivity index is 0.000000218. The Bertz CT molecular complexity index is 210. The third-order valence-electron chi connectivity index (χ3n) is 0.471. The minimum absolute atomic E-state index is 0.167. The molecule has 1 aromatic rings. The van der Waals surface area contributed by atoms with Crippen molar-refractivity contribution in [2.45, 2.75) is 13.8 Å². The number of aromatic nitrogens is 3. The van der Waals surface area contributed by atoms with E-state index in [0.717, 1.165) is 0 Å². The highest BCUT2D eigenvalue weighted by atomic mass is 35.5. The van der Waals surface area contributed by atoms with E-state index in [1.807, 2.05) is 0 Å². The van der Waals surface area contributed by atoms with Crippen LogP contribution in [0.1, 0.15) is 13.8 Å². The molecule has 0 aromatic carbocycles. The van der Waals surface area contributed by atoms with Crippen LogP contribution in [0.5, 0.6) is 0 Å². The number of carbonyl (C=O) groups excluding carboxylic acids is 1. The van der Waals surface area contributed by atoms with Crippen molar-refractivity contribution < 1.29 is 4.79 Å². The molecule has 0 saturated heterocycles. The smallest absolute Gasteiger partial charge is 0.155 e. The molecular weight excluding hydrogens is 166 g/mol. The van der Waals surface area contributed by atoms with Gasteiger partial charge in [-0.15, -0.1) is 10.2 Å². The van der Waals surface area contributed by atoms with Crippen molar-refractivity contribution in [3.63, 3.8) is 0 Å². The minimum Gasteiger partial charge on any atom is -0.300 e. The summed E-state index contributed by atoms with van der Waals surface area (Å²) in [7, 11) is 0. The van der Waals surface area contributed by atoms with Crippen molar-refractivity contribution in [3.8, 4) is 0 Å². The van der Waals surface area contributed by atoms with E-state index in [1.165, 1.54) is 20.0 Å². The summed E-state index contributed by atoms with van der Waals surface area (Å²) >= 11 is 5.33. The van der Waals surface area contributed by atoms with E-state index in [-0.39, 0.29) is 5.78 Å². The summed E-state index contributed by atoms with van der Waals surface area (Å²) in [6, 6.07) is 1.56. The fraction of sp³-hybridized carbons (Fsp3) is 0.333. The summed E-state index contributed by atoms with van der Waals surface area (Å²) in [5, 5.41) is 10.4. The molecule has 1 rings (SSSR count). The zero-order valence-corrected chi connectivity index (χ0v) is 7.04. The van der Waals surface area contributed by atoms with E-state index in [2.05, 4.69) is 15.4 Å². The van der Waals surface area contributed by atoms with Gasteiger partial charge in [0, 0.05) is 0 Å². The van der Waals surface area contributed by atoms with Gasteiger partial charge < -0.3 is 4.79 Å². The highest BCUT2D eigenvalue weighted by Crippen LogP contribution is 1.94. The van der Waals surface area contributed by atoms with Crippen LogP contribution in [0.15, 0.2) is 12.3 Å². The summed E-state index contributed by atoms with van der Waals surface area (Å²) in [4.78, 5) is 9.44. The van der Waals surface area contributed by atoms with Crippen LogP contribution in [0.25, 0.3) is 0 Å². The molecule has 0 fully saturated rings. The Kier molecular flexibility index (Phi) is 5.20.